The second kappa shape index (κ2) is 5.28. The van der Waals surface area contributed by atoms with Gasteiger partial charge in [-0.2, -0.15) is 0 Å². The number of halogens is 1. The molecule has 106 valence electrons. The molecule has 7 heteroatoms. The van der Waals surface area contributed by atoms with Crippen LogP contribution in [0.15, 0.2) is 18.7 Å². The first-order valence-electron chi connectivity index (χ1n) is 6.62. The van der Waals surface area contributed by atoms with E-state index in [0.29, 0.717) is 22.6 Å². The van der Waals surface area contributed by atoms with Crippen LogP contribution in [0, 0.1) is 5.92 Å². The molecule has 0 saturated carbocycles. The zero-order valence-electron chi connectivity index (χ0n) is 11.3. The maximum atomic E-state index is 6.16. The Bertz CT molecular complexity index is 611. The molecular formula is C13H17ClN6. The van der Waals surface area contributed by atoms with Crippen LogP contribution in [0.5, 0.6) is 0 Å². The Hall–Kier alpha value is -1.82. The molecule has 1 aliphatic rings. The first-order chi connectivity index (χ1) is 9.65. The number of nitrogens with two attached hydrogens (primary N) is 1. The fourth-order valence-corrected chi connectivity index (χ4v) is 2.94. The molecule has 1 aliphatic heterocycles. The lowest BCUT2D eigenvalue weighted by atomic mass is 9.99. The van der Waals surface area contributed by atoms with Crippen molar-refractivity contribution in [2.45, 2.75) is 19.4 Å². The first-order valence-corrected chi connectivity index (χ1v) is 7.00. The fourth-order valence-electron chi connectivity index (χ4n) is 2.70. The molecule has 0 fully saturated rings. The summed E-state index contributed by atoms with van der Waals surface area (Å²) in [7, 11) is 1.98. The Morgan fingerprint density at radius 3 is 3.15 bits per heavy atom. The molecule has 20 heavy (non-hydrogen) atoms. The number of rotatable bonds is 3. The topological polar surface area (TPSA) is 72.9 Å². The Kier molecular flexibility index (Phi) is 3.48. The van der Waals surface area contributed by atoms with Gasteiger partial charge >= 0.3 is 0 Å². The average molecular weight is 293 g/mol. The zero-order valence-corrected chi connectivity index (χ0v) is 12.1. The van der Waals surface area contributed by atoms with Gasteiger partial charge < -0.3 is 15.2 Å². The second-order valence-corrected chi connectivity index (χ2v) is 5.56. The van der Waals surface area contributed by atoms with Gasteiger partial charge in [0.2, 0.25) is 0 Å². The molecule has 0 radical (unpaired) electrons. The molecule has 3 rings (SSSR count). The van der Waals surface area contributed by atoms with Gasteiger partial charge in [0.15, 0.2) is 5.82 Å². The highest BCUT2D eigenvalue weighted by Gasteiger charge is 2.21. The Morgan fingerprint density at radius 1 is 1.45 bits per heavy atom. The highest BCUT2D eigenvalue weighted by Crippen LogP contribution is 2.28. The van der Waals surface area contributed by atoms with Gasteiger partial charge in [-0.15, -0.1) is 0 Å². The molecule has 0 saturated heterocycles. The van der Waals surface area contributed by atoms with Crippen molar-refractivity contribution in [1.29, 1.82) is 0 Å². The summed E-state index contributed by atoms with van der Waals surface area (Å²) in [5, 5.41) is 0.425. The van der Waals surface area contributed by atoms with E-state index in [2.05, 4.69) is 19.5 Å². The van der Waals surface area contributed by atoms with Crippen molar-refractivity contribution >= 4 is 23.2 Å². The summed E-state index contributed by atoms with van der Waals surface area (Å²) in [5.74, 6) is 2.74. The van der Waals surface area contributed by atoms with Crippen LogP contribution in [0.25, 0.3) is 0 Å². The van der Waals surface area contributed by atoms with Crippen LogP contribution in [-0.2, 0) is 13.0 Å². The summed E-state index contributed by atoms with van der Waals surface area (Å²) in [5.41, 5.74) is 5.72. The van der Waals surface area contributed by atoms with Crippen molar-refractivity contribution < 1.29 is 0 Å². The molecule has 0 bridgehead atoms. The number of aryl methyl sites for hydroxylation is 1. The summed E-state index contributed by atoms with van der Waals surface area (Å²) >= 11 is 6.16. The molecule has 2 aromatic rings. The quantitative estimate of drug-likeness (QED) is 0.930. The highest BCUT2D eigenvalue weighted by molar-refractivity contribution is 6.35. The lowest BCUT2D eigenvalue weighted by molar-refractivity contribution is 0.368. The standard InChI is InChI=1S/C13H17ClN6/c1-19(13-11(14)12(15)17-8-18-13)6-9-2-3-10-16-4-5-20(10)7-9/h4-5,8-9H,2-3,6-7H2,1H3,(H2,15,17,18). The molecule has 0 amide bonds. The summed E-state index contributed by atoms with van der Waals surface area (Å²) in [4.78, 5) is 14.5. The summed E-state index contributed by atoms with van der Waals surface area (Å²) in [6.07, 6.45) is 7.49. The van der Waals surface area contributed by atoms with Crippen LogP contribution in [0.3, 0.4) is 0 Å². The smallest absolute Gasteiger partial charge is 0.152 e. The number of anilines is 2. The molecule has 2 aromatic heterocycles. The minimum Gasteiger partial charge on any atom is -0.382 e. The molecule has 6 nitrogen and oxygen atoms in total. The van der Waals surface area contributed by atoms with Crippen LogP contribution in [-0.4, -0.2) is 33.1 Å². The Labute approximate surface area is 122 Å². The average Bonchev–Trinajstić information content (AvgIpc) is 2.89. The van der Waals surface area contributed by atoms with Gasteiger partial charge in [0.05, 0.1) is 0 Å². The lowest BCUT2D eigenvalue weighted by Crippen LogP contribution is -2.32. The normalized spacial score (nSPS) is 17.8. The van der Waals surface area contributed by atoms with Crippen LogP contribution in [0.2, 0.25) is 5.02 Å². The van der Waals surface area contributed by atoms with Crippen molar-refractivity contribution in [2.24, 2.45) is 5.92 Å². The predicted octanol–water partition coefficient (Wildman–Crippen LogP) is 1.61. The number of nitrogens with zero attached hydrogens (tertiary/aromatic N) is 5. The SMILES string of the molecule is CN(CC1CCc2nccn2C1)c1ncnc(N)c1Cl. The van der Waals surface area contributed by atoms with E-state index >= 15 is 0 Å². The van der Waals surface area contributed by atoms with E-state index in [1.54, 1.807) is 0 Å². The molecule has 0 spiro atoms. The minimum atomic E-state index is 0.323. The van der Waals surface area contributed by atoms with Crippen LogP contribution < -0.4 is 10.6 Å². The number of imidazole rings is 1. The van der Waals surface area contributed by atoms with E-state index in [1.807, 2.05) is 24.3 Å². The van der Waals surface area contributed by atoms with Gasteiger partial charge in [-0.05, 0) is 12.3 Å². The van der Waals surface area contributed by atoms with Gasteiger partial charge in [-0.3, -0.25) is 0 Å². The Morgan fingerprint density at radius 2 is 2.30 bits per heavy atom. The van der Waals surface area contributed by atoms with Gasteiger partial charge in [-0.1, -0.05) is 11.6 Å². The van der Waals surface area contributed by atoms with E-state index in [-0.39, 0.29) is 0 Å². The van der Waals surface area contributed by atoms with Crippen molar-refractivity contribution in [3.05, 3.63) is 29.6 Å². The third-order valence-electron chi connectivity index (χ3n) is 3.72. The second-order valence-electron chi connectivity index (χ2n) is 5.18. The summed E-state index contributed by atoms with van der Waals surface area (Å²) in [6.45, 7) is 1.87. The van der Waals surface area contributed by atoms with E-state index in [9.17, 15) is 0 Å². The predicted molar refractivity (Wildman–Crippen MR) is 78.8 cm³/mol. The summed E-state index contributed by atoms with van der Waals surface area (Å²) < 4.78 is 2.22. The van der Waals surface area contributed by atoms with Crippen molar-refractivity contribution in [3.63, 3.8) is 0 Å². The van der Waals surface area contributed by atoms with Crippen LogP contribution >= 0.6 is 11.6 Å². The summed E-state index contributed by atoms with van der Waals surface area (Å²) in [6, 6.07) is 0. The number of aromatic nitrogens is 4. The Balaban J connectivity index is 1.71. The van der Waals surface area contributed by atoms with E-state index < -0.39 is 0 Å². The molecule has 1 atom stereocenters. The lowest BCUT2D eigenvalue weighted by Gasteiger charge is -2.29. The van der Waals surface area contributed by atoms with Crippen molar-refractivity contribution in [1.82, 2.24) is 19.5 Å². The number of hydrogen-bond donors (Lipinski definition) is 1. The maximum Gasteiger partial charge on any atom is 0.152 e. The van der Waals surface area contributed by atoms with Gasteiger partial charge in [-0.25, -0.2) is 15.0 Å². The maximum absolute atomic E-state index is 6.16. The van der Waals surface area contributed by atoms with Crippen LogP contribution in [0.4, 0.5) is 11.6 Å². The highest BCUT2D eigenvalue weighted by atomic mass is 35.5. The molecular weight excluding hydrogens is 276 g/mol. The van der Waals surface area contributed by atoms with Gasteiger partial charge in [0, 0.05) is 39.0 Å². The molecule has 0 aromatic carbocycles. The van der Waals surface area contributed by atoms with Crippen molar-refractivity contribution in [2.75, 3.05) is 24.2 Å². The van der Waals surface area contributed by atoms with Crippen molar-refractivity contribution in [3.8, 4) is 0 Å². The van der Waals surface area contributed by atoms with E-state index in [0.717, 1.165) is 25.9 Å². The first kappa shape index (κ1) is 13.2. The molecule has 1 unspecified atom stereocenters. The third kappa shape index (κ3) is 2.43. The number of hydrogen-bond acceptors (Lipinski definition) is 5. The van der Waals surface area contributed by atoms with E-state index in [4.69, 9.17) is 17.3 Å². The minimum absolute atomic E-state index is 0.323. The van der Waals surface area contributed by atoms with Gasteiger partial charge in [0.1, 0.15) is 23.0 Å². The van der Waals surface area contributed by atoms with Gasteiger partial charge in [0.25, 0.3) is 0 Å². The number of fused-ring (bicyclic) bond motifs is 1. The molecule has 0 aliphatic carbocycles. The molecule has 3 heterocycles. The monoisotopic (exact) mass is 292 g/mol. The zero-order chi connectivity index (χ0) is 14.1. The van der Waals surface area contributed by atoms with Crippen LogP contribution in [0.1, 0.15) is 12.2 Å². The molecule has 2 N–H and O–H groups in total. The fraction of sp³-hybridized carbons (Fsp3) is 0.462. The third-order valence-corrected chi connectivity index (χ3v) is 4.09. The van der Waals surface area contributed by atoms with E-state index in [1.165, 1.54) is 12.2 Å². The number of nitrogen functional groups attached to an aromatic ring is 1. The largest absolute Gasteiger partial charge is 0.382 e.